The first-order valence-corrected chi connectivity index (χ1v) is 14.4. The van der Waals surface area contributed by atoms with Crippen molar-refractivity contribution in [1.82, 2.24) is 29.5 Å². The molecule has 2 fully saturated rings. The lowest BCUT2D eigenvalue weighted by atomic mass is 9.88. The molecule has 4 N–H and O–H groups in total. The smallest absolute Gasteiger partial charge is 0.259 e. The van der Waals surface area contributed by atoms with Crippen molar-refractivity contribution in [2.45, 2.75) is 36.5 Å². The van der Waals surface area contributed by atoms with Gasteiger partial charge < -0.3 is 20.0 Å². The van der Waals surface area contributed by atoms with Crippen LogP contribution in [0.25, 0.3) is 17.4 Å². The van der Waals surface area contributed by atoms with E-state index < -0.39 is 10.0 Å². The third-order valence-corrected chi connectivity index (χ3v) is 8.44. The number of nitrogen functional groups attached to an aromatic ring is 1. The maximum absolute atomic E-state index is 11.7. The quantitative estimate of drug-likeness (QED) is 0.372. The van der Waals surface area contributed by atoms with E-state index in [1.165, 1.54) is 4.52 Å². The molecular formula is C25H31N9O3S. The molecule has 1 atom stereocenters. The van der Waals surface area contributed by atoms with Crippen LogP contribution in [0.2, 0.25) is 0 Å². The summed E-state index contributed by atoms with van der Waals surface area (Å²) in [5.74, 6) is 3.02. The maximum atomic E-state index is 11.7. The molecule has 0 bridgehead atoms. The second kappa shape index (κ2) is 9.97. The lowest BCUT2D eigenvalue weighted by Crippen LogP contribution is -2.43. The largest absolute Gasteiger partial charge is 0.461 e. The van der Waals surface area contributed by atoms with Crippen molar-refractivity contribution < 1.29 is 12.8 Å². The molecular weight excluding hydrogens is 506 g/mol. The zero-order valence-corrected chi connectivity index (χ0v) is 21.8. The number of hydrogen-bond acceptors (Lipinski definition) is 10. The van der Waals surface area contributed by atoms with Gasteiger partial charge in [-0.1, -0.05) is 12.1 Å². The summed E-state index contributed by atoms with van der Waals surface area (Å²) < 4.78 is 30.3. The number of nitrogens with two attached hydrogens (primary N) is 2. The molecule has 3 aromatic heterocycles. The minimum absolute atomic E-state index is 0.184. The van der Waals surface area contributed by atoms with Gasteiger partial charge in [0.1, 0.15) is 0 Å². The highest BCUT2D eigenvalue weighted by atomic mass is 32.2. The van der Waals surface area contributed by atoms with Gasteiger partial charge in [-0.3, -0.25) is 0 Å². The van der Waals surface area contributed by atoms with Crippen molar-refractivity contribution >= 4 is 27.7 Å². The molecule has 5 heterocycles. The van der Waals surface area contributed by atoms with Crippen LogP contribution >= 0.6 is 0 Å². The first-order valence-electron chi connectivity index (χ1n) is 12.9. The Labute approximate surface area is 220 Å². The number of nitrogens with zero attached hydrogens (tertiary/aromatic N) is 7. The van der Waals surface area contributed by atoms with Gasteiger partial charge in [0, 0.05) is 19.6 Å². The van der Waals surface area contributed by atoms with Gasteiger partial charge in [-0.15, -0.1) is 5.10 Å². The number of benzene rings is 1. The van der Waals surface area contributed by atoms with Gasteiger partial charge in [-0.2, -0.15) is 19.5 Å². The van der Waals surface area contributed by atoms with E-state index >= 15 is 0 Å². The maximum Gasteiger partial charge on any atom is 0.259 e. The molecule has 2 aliphatic heterocycles. The van der Waals surface area contributed by atoms with Gasteiger partial charge >= 0.3 is 0 Å². The molecule has 2 saturated heterocycles. The summed E-state index contributed by atoms with van der Waals surface area (Å²) in [5.41, 5.74) is 7.26. The summed E-state index contributed by atoms with van der Waals surface area (Å²) in [5, 5.41) is 9.70. The molecule has 4 aromatic rings. The lowest BCUT2D eigenvalue weighted by molar-refractivity contribution is 0.173. The van der Waals surface area contributed by atoms with Crippen LogP contribution in [0.1, 0.15) is 37.2 Å². The average molecular weight is 538 g/mol. The number of primary sulfonamides is 1. The predicted octanol–water partition coefficient (Wildman–Crippen LogP) is 2.10. The molecule has 0 spiro atoms. The van der Waals surface area contributed by atoms with E-state index in [-0.39, 0.29) is 10.8 Å². The Bertz CT molecular complexity index is 1530. The van der Waals surface area contributed by atoms with E-state index in [0.717, 1.165) is 64.0 Å². The number of hydrogen-bond donors (Lipinski definition) is 2. The van der Waals surface area contributed by atoms with Crippen molar-refractivity contribution in [1.29, 1.82) is 0 Å². The summed E-state index contributed by atoms with van der Waals surface area (Å²) in [7, 11) is -3.69. The van der Waals surface area contributed by atoms with Gasteiger partial charge in [-0.05, 0) is 80.4 Å². The van der Waals surface area contributed by atoms with E-state index in [0.29, 0.717) is 35.1 Å². The van der Waals surface area contributed by atoms with Crippen molar-refractivity contribution in [3.63, 3.8) is 0 Å². The van der Waals surface area contributed by atoms with Crippen LogP contribution < -0.4 is 15.8 Å². The predicted molar refractivity (Wildman–Crippen MR) is 142 cm³/mol. The molecule has 2 aliphatic rings. The van der Waals surface area contributed by atoms with Crippen LogP contribution in [0, 0.1) is 5.92 Å². The number of rotatable bonds is 6. The third kappa shape index (κ3) is 5.08. The molecule has 0 unspecified atom stereocenters. The zero-order valence-electron chi connectivity index (χ0n) is 21.0. The standard InChI is InChI=1S/C25H31N9O3S/c26-23-29-24(30-25-28-22(31-34(23)25)21-7-3-13-37-21)33-10-2-4-17(16-33)15-32-11-8-18(9-12-32)19-5-1-6-20(14-19)38(27,35)36/h1,3,5-7,13-14,17-18H,2,4,8-12,15-16H2,(H2,27,35,36)(H2,26,28,29,30,31)/t17-/m0/s1. The number of sulfonamides is 1. The van der Waals surface area contributed by atoms with Crippen LogP contribution in [0.15, 0.2) is 52.0 Å². The molecule has 0 aliphatic carbocycles. The minimum atomic E-state index is -3.69. The Kier molecular flexibility index (Phi) is 6.50. The Morgan fingerprint density at radius 3 is 2.63 bits per heavy atom. The van der Waals surface area contributed by atoms with Gasteiger partial charge in [0.15, 0.2) is 5.76 Å². The number of piperidine rings is 2. The highest BCUT2D eigenvalue weighted by Crippen LogP contribution is 2.31. The Hall–Kier alpha value is -3.55. The Morgan fingerprint density at radius 2 is 1.87 bits per heavy atom. The SMILES string of the molecule is Nc1nc(N2CCC[C@@H](CN3CCC(c4cccc(S(N)(=O)=O)c4)CC3)C2)nc2nc(-c3ccco3)nn12. The van der Waals surface area contributed by atoms with Gasteiger partial charge in [0.25, 0.3) is 5.78 Å². The van der Waals surface area contributed by atoms with E-state index in [1.54, 1.807) is 36.6 Å². The molecule has 1 aromatic carbocycles. The molecule has 13 heteroatoms. The highest BCUT2D eigenvalue weighted by Gasteiger charge is 2.28. The van der Waals surface area contributed by atoms with Crippen molar-refractivity contribution in [2.24, 2.45) is 11.1 Å². The van der Waals surface area contributed by atoms with Crippen LogP contribution in [0.5, 0.6) is 0 Å². The first kappa shape index (κ1) is 24.8. The molecule has 0 amide bonds. The number of anilines is 2. The monoisotopic (exact) mass is 537 g/mol. The fourth-order valence-corrected chi connectivity index (χ4v) is 6.17. The average Bonchev–Trinajstić information content (AvgIpc) is 3.60. The topological polar surface area (TPSA) is 162 Å². The lowest BCUT2D eigenvalue weighted by Gasteiger charge is -2.38. The summed E-state index contributed by atoms with van der Waals surface area (Å²) in [6.07, 6.45) is 5.76. The number of furan rings is 1. The molecule has 0 radical (unpaired) electrons. The van der Waals surface area contributed by atoms with Crippen LogP contribution in [0.4, 0.5) is 11.9 Å². The fraction of sp³-hybridized carbons (Fsp3) is 0.440. The van der Waals surface area contributed by atoms with E-state index in [2.05, 4.69) is 29.9 Å². The Balaban J connectivity index is 1.09. The van der Waals surface area contributed by atoms with E-state index in [4.69, 9.17) is 15.3 Å². The van der Waals surface area contributed by atoms with Crippen molar-refractivity contribution in [2.75, 3.05) is 43.4 Å². The number of fused-ring (bicyclic) bond motifs is 1. The molecule has 0 saturated carbocycles. The van der Waals surface area contributed by atoms with Gasteiger partial charge in [0.05, 0.1) is 11.2 Å². The van der Waals surface area contributed by atoms with E-state index in [1.807, 2.05) is 6.07 Å². The first-order chi connectivity index (χ1) is 18.3. The van der Waals surface area contributed by atoms with Crippen LogP contribution in [-0.4, -0.2) is 70.6 Å². The highest BCUT2D eigenvalue weighted by molar-refractivity contribution is 7.89. The zero-order chi connectivity index (χ0) is 26.3. The second-order valence-electron chi connectivity index (χ2n) is 10.2. The number of aromatic nitrogens is 5. The van der Waals surface area contributed by atoms with Crippen molar-refractivity contribution in [3.8, 4) is 11.6 Å². The molecule has 200 valence electrons. The fourth-order valence-electron chi connectivity index (χ4n) is 5.60. The van der Waals surface area contributed by atoms with Crippen LogP contribution in [-0.2, 0) is 10.0 Å². The molecule has 12 nitrogen and oxygen atoms in total. The summed E-state index contributed by atoms with van der Waals surface area (Å²) in [6, 6.07) is 10.6. The summed E-state index contributed by atoms with van der Waals surface area (Å²) >= 11 is 0. The Morgan fingerprint density at radius 1 is 1.03 bits per heavy atom. The van der Waals surface area contributed by atoms with Crippen LogP contribution in [0.3, 0.4) is 0 Å². The number of likely N-dealkylation sites (tertiary alicyclic amines) is 1. The second-order valence-corrected chi connectivity index (χ2v) is 11.7. The van der Waals surface area contributed by atoms with Gasteiger partial charge in [0.2, 0.25) is 27.7 Å². The van der Waals surface area contributed by atoms with Crippen molar-refractivity contribution in [3.05, 3.63) is 48.2 Å². The summed E-state index contributed by atoms with van der Waals surface area (Å²) in [6.45, 7) is 4.68. The third-order valence-electron chi connectivity index (χ3n) is 7.53. The minimum Gasteiger partial charge on any atom is -0.461 e. The summed E-state index contributed by atoms with van der Waals surface area (Å²) in [4.78, 5) is 18.6. The van der Waals surface area contributed by atoms with E-state index in [9.17, 15) is 8.42 Å². The van der Waals surface area contributed by atoms with Gasteiger partial charge in [-0.25, -0.2) is 13.6 Å². The normalized spacial score (nSPS) is 19.8. The molecule has 38 heavy (non-hydrogen) atoms. The molecule has 6 rings (SSSR count).